The van der Waals surface area contributed by atoms with Crippen molar-refractivity contribution in [2.45, 2.75) is 13.1 Å². The molecule has 2 aromatic rings. The smallest absolute Gasteiger partial charge is 0.443 e. The molecule has 1 aromatic heterocycles. The van der Waals surface area contributed by atoms with Crippen LogP contribution in [0.4, 0.5) is 13.2 Å². The number of carbonyl (C=O) groups excluding carboxylic acids is 1. The lowest BCUT2D eigenvalue weighted by atomic mass is 10.1. The van der Waals surface area contributed by atoms with Crippen molar-refractivity contribution in [2.24, 2.45) is 0 Å². The van der Waals surface area contributed by atoms with Crippen LogP contribution >= 0.6 is 11.3 Å². The molecular formula is C13H10F3NO2S. The van der Waals surface area contributed by atoms with Crippen LogP contribution in [0.25, 0.3) is 0 Å². The maximum atomic E-state index is 12.4. The van der Waals surface area contributed by atoms with E-state index in [1.807, 2.05) is 0 Å². The van der Waals surface area contributed by atoms with Gasteiger partial charge in [0.2, 0.25) is 5.78 Å². The fourth-order valence-electron chi connectivity index (χ4n) is 1.67. The maximum Gasteiger partial charge on any atom is 0.443 e. The zero-order chi connectivity index (χ0) is 14.9. The quantitative estimate of drug-likeness (QED) is 0.811. The van der Waals surface area contributed by atoms with Crippen molar-refractivity contribution in [2.75, 3.05) is 7.11 Å². The number of ketones is 1. The second kappa shape index (κ2) is 5.24. The van der Waals surface area contributed by atoms with Gasteiger partial charge in [0.1, 0.15) is 5.75 Å². The van der Waals surface area contributed by atoms with Gasteiger partial charge in [0.05, 0.1) is 12.0 Å². The Morgan fingerprint density at radius 2 is 2.05 bits per heavy atom. The molecule has 0 aliphatic heterocycles. The number of methoxy groups -OCH3 is 1. The molecule has 0 saturated carbocycles. The van der Waals surface area contributed by atoms with Gasteiger partial charge in [-0.3, -0.25) is 4.79 Å². The molecule has 1 aromatic carbocycles. The van der Waals surface area contributed by atoms with Gasteiger partial charge < -0.3 is 4.74 Å². The highest BCUT2D eigenvalue weighted by molar-refractivity contribution is 7.13. The molecule has 3 nitrogen and oxygen atoms in total. The lowest BCUT2D eigenvalue weighted by Gasteiger charge is -2.05. The number of nitrogens with zero attached hydrogens (tertiary/aromatic N) is 1. The second-order valence-electron chi connectivity index (χ2n) is 4.04. The van der Waals surface area contributed by atoms with Crippen molar-refractivity contribution in [1.29, 1.82) is 0 Å². The normalized spacial score (nSPS) is 11.4. The van der Waals surface area contributed by atoms with E-state index in [0.29, 0.717) is 22.6 Å². The molecule has 0 atom stereocenters. The predicted molar refractivity (Wildman–Crippen MR) is 68.3 cm³/mol. The number of thiazole rings is 1. The van der Waals surface area contributed by atoms with Crippen molar-refractivity contribution in [1.82, 2.24) is 4.98 Å². The number of benzene rings is 1. The minimum Gasteiger partial charge on any atom is -0.496 e. The van der Waals surface area contributed by atoms with Gasteiger partial charge in [0.25, 0.3) is 0 Å². The highest BCUT2D eigenvalue weighted by Gasteiger charge is 2.35. The molecule has 0 spiro atoms. The Kier molecular flexibility index (Phi) is 3.80. The third kappa shape index (κ3) is 2.82. The van der Waals surface area contributed by atoms with Crippen molar-refractivity contribution in [3.63, 3.8) is 0 Å². The van der Waals surface area contributed by atoms with Gasteiger partial charge >= 0.3 is 6.18 Å². The average Bonchev–Trinajstić information content (AvgIpc) is 2.87. The van der Waals surface area contributed by atoms with Crippen LogP contribution in [0.2, 0.25) is 0 Å². The number of ether oxygens (including phenoxy) is 1. The third-order valence-electron chi connectivity index (χ3n) is 2.63. The summed E-state index contributed by atoms with van der Waals surface area (Å²) in [6.07, 6.45) is -3.57. The summed E-state index contributed by atoms with van der Waals surface area (Å²) in [5.41, 5.74) is 1.04. The van der Waals surface area contributed by atoms with Gasteiger partial charge in [-0.25, -0.2) is 4.98 Å². The molecule has 0 aliphatic rings. The summed E-state index contributed by atoms with van der Waals surface area (Å²) in [5, 5.41) is -1.02. The highest BCUT2D eigenvalue weighted by atomic mass is 32.1. The average molecular weight is 301 g/mol. The summed E-state index contributed by atoms with van der Waals surface area (Å²) in [5.74, 6) is 0.130. The summed E-state index contributed by atoms with van der Waals surface area (Å²) in [4.78, 5) is 15.3. The molecule has 7 heteroatoms. The molecule has 0 amide bonds. The Hall–Kier alpha value is -1.89. The van der Waals surface area contributed by atoms with Gasteiger partial charge in [-0.2, -0.15) is 13.2 Å². The van der Waals surface area contributed by atoms with Crippen LogP contribution < -0.4 is 4.74 Å². The lowest BCUT2D eigenvalue weighted by Crippen LogP contribution is -2.03. The molecule has 20 heavy (non-hydrogen) atoms. The zero-order valence-electron chi connectivity index (χ0n) is 10.6. The van der Waals surface area contributed by atoms with E-state index in [9.17, 15) is 18.0 Å². The largest absolute Gasteiger partial charge is 0.496 e. The van der Waals surface area contributed by atoms with E-state index in [0.717, 1.165) is 11.8 Å². The molecule has 0 radical (unpaired) electrons. The fraction of sp³-hybridized carbons (Fsp3) is 0.231. The number of aromatic nitrogens is 1. The monoisotopic (exact) mass is 301 g/mol. The minimum absolute atomic E-state index is 0.0399. The number of carbonyl (C=O) groups is 1. The van der Waals surface area contributed by atoms with Crippen molar-refractivity contribution >= 4 is 17.1 Å². The van der Waals surface area contributed by atoms with Crippen LogP contribution in [0.5, 0.6) is 5.75 Å². The topological polar surface area (TPSA) is 39.2 Å². The van der Waals surface area contributed by atoms with Gasteiger partial charge in [-0.1, -0.05) is 0 Å². The van der Waals surface area contributed by atoms with Crippen LogP contribution in [0, 0.1) is 6.92 Å². The fourth-order valence-corrected chi connectivity index (χ4v) is 2.42. The molecule has 106 valence electrons. The predicted octanol–water partition coefficient (Wildman–Crippen LogP) is 3.71. The maximum absolute atomic E-state index is 12.4. The van der Waals surface area contributed by atoms with Crippen LogP contribution in [0.15, 0.2) is 24.4 Å². The van der Waals surface area contributed by atoms with Crippen molar-refractivity contribution < 1.29 is 22.7 Å². The van der Waals surface area contributed by atoms with Crippen molar-refractivity contribution in [3.05, 3.63) is 45.4 Å². The van der Waals surface area contributed by atoms with Crippen molar-refractivity contribution in [3.8, 4) is 5.75 Å². The first kappa shape index (κ1) is 14.5. The standard InChI is InChI=1S/C13H10F3NO2S/c1-7-5-8(3-4-9(7)19-2)11(18)10-6-17-12(20-10)13(14,15)16/h3-6H,1-2H3. The molecule has 2 rings (SSSR count). The van der Waals surface area contributed by atoms with Gasteiger partial charge in [0.15, 0.2) is 5.01 Å². The number of aryl methyl sites for hydroxylation is 1. The molecule has 0 unspecified atom stereocenters. The number of halogens is 3. The Bertz CT molecular complexity index is 649. The number of hydrogen-bond donors (Lipinski definition) is 0. The summed E-state index contributed by atoms with van der Waals surface area (Å²) < 4.78 is 42.4. The van der Waals surface area contributed by atoms with Crippen LogP contribution in [0.3, 0.4) is 0 Å². The molecule has 0 aliphatic carbocycles. The first-order valence-electron chi connectivity index (χ1n) is 5.55. The molecule has 0 bridgehead atoms. The van der Waals surface area contributed by atoms with E-state index in [2.05, 4.69) is 4.98 Å². The van der Waals surface area contributed by atoms with E-state index in [1.54, 1.807) is 19.1 Å². The van der Waals surface area contributed by atoms with Gasteiger partial charge in [-0.05, 0) is 30.7 Å². The summed E-state index contributed by atoms with van der Waals surface area (Å²) >= 11 is 0.342. The summed E-state index contributed by atoms with van der Waals surface area (Å²) in [7, 11) is 1.50. The third-order valence-corrected chi connectivity index (χ3v) is 3.67. The Morgan fingerprint density at radius 1 is 1.35 bits per heavy atom. The SMILES string of the molecule is COc1ccc(C(=O)c2cnc(C(F)(F)F)s2)cc1C. The van der Waals surface area contributed by atoms with E-state index in [1.165, 1.54) is 13.2 Å². The van der Waals surface area contributed by atoms with Crippen LogP contribution in [0.1, 0.15) is 25.8 Å². The first-order valence-corrected chi connectivity index (χ1v) is 6.37. The van der Waals surface area contributed by atoms with Gasteiger partial charge in [-0.15, -0.1) is 11.3 Å². The number of alkyl halides is 3. The number of hydrogen-bond acceptors (Lipinski definition) is 4. The zero-order valence-corrected chi connectivity index (χ0v) is 11.4. The molecule has 0 N–H and O–H groups in total. The van der Waals surface area contributed by atoms with Crippen LogP contribution in [-0.4, -0.2) is 17.9 Å². The molecular weight excluding hydrogens is 291 g/mol. The Morgan fingerprint density at radius 3 is 2.55 bits per heavy atom. The van der Waals surface area contributed by atoms with E-state index < -0.39 is 17.0 Å². The van der Waals surface area contributed by atoms with Gasteiger partial charge in [0, 0.05) is 11.8 Å². The highest BCUT2D eigenvalue weighted by Crippen LogP contribution is 2.33. The second-order valence-corrected chi connectivity index (χ2v) is 5.07. The minimum atomic E-state index is -4.53. The first-order chi connectivity index (χ1) is 9.32. The van der Waals surface area contributed by atoms with E-state index in [-0.39, 0.29) is 4.88 Å². The summed E-state index contributed by atoms with van der Waals surface area (Å²) in [6, 6.07) is 4.70. The Labute approximate surface area is 117 Å². The Balaban J connectivity index is 2.32. The molecule has 0 fully saturated rings. The molecule has 0 saturated heterocycles. The van der Waals surface area contributed by atoms with E-state index >= 15 is 0 Å². The number of rotatable bonds is 3. The molecule has 1 heterocycles. The lowest BCUT2D eigenvalue weighted by molar-refractivity contribution is -0.137. The van der Waals surface area contributed by atoms with Crippen LogP contribution in [-0.2, 0) is 6.18 Å². The summed E-state index contributed by atoms with van der Waals surface area (Å²) in [6.45, 7) is 1.75. The van der Waals surface area contributed by atoms with E-state index in [4.69, 9.17) is 4.74 Å².